The van der Waals surface area contributed by atoms with Crippen molar-refractivity contribution >= 4 is 33.3 Å². The highest BCUT2D eigenvalue weighted by Gasteiger charge is 2.18. The number of pyridine rings is 1. The first-order chi connectivity index (χ1) is 14.3. The van der Waals surface area contributed by atoms with Crippen molar-refractivity contribution in [3.63, 3.8) is 0 Å². The Bertz CT molecular complexity index is 1240. The predicted molar refractivity (Wildman–Crippen MR) is 119 cm³/mol. The molecule has 0 aliphatic rings. The fourth-order valence-corrected chi connectivity index (χ4v) is 5.09. The van der Waals surface area contributed by atoms with Crippen molar-refractivity contribution in [2.24, 2.45) is 0 Å². The number of thiazole rings is 1. The number of benzene rings is 2. The van der Waals surface area contributed by atoms with Crippen molar-refractivity contribution in [3.8, 4) is 17.1 Å². The molecule has 0 fully saturated rings. The van der Waals surface area contributed by atoms with E-state index in [4.69, 9.17) is 4.98 Å². The molecule has 5 rings (SSSR count). The summed E-state index contributed by atoms with van der Waals surface area (Å²) in [6, 6.07) is 20.4. The normalized spacial score (nSPS) is 11.2. The Hall–Kier alpha value is -3.03. The number of aryl methyl sites for hydroxylation is 1. The molecule has 0 amide bonds. The first-order valence-corrected chi connectivity index (χ1v) is 11.0. The third kappa shape index (κ3) is 3.54. The fraction of sp³-hybridized carbons (Fsp3) is 0.0909. The van der Waals surface area contributed by atoms with Gasteiger partial charge in [0.2, 0.25) is 0 Å². The molecule has 142 valence electrons. The van der Waals surface area contributed by atoms with Crippen LogP contribution in [0.1, 0.15) is 10.6 Å². The quantitative estimate of drug-likeness (QED) is 0.353. The summed E-state index contributed by atoms with van der Waals surface area (Å²) in [5.74, 6) is 1.54. The van der Waals surface area contributed by atoms with Crippen LogP contribution in [0.15, 0.2) is 78.2 Å². The molecule has 0 aliphatic heterocycles. The first kappa shape index (κ1) is 18.0. The summed E-state index contributed by atoms with van der Waals surface area (Å²) in [5, 5.41) is 10.9. The van der Waals surface area contributed by atoms with Gasteiger partial charge in [0.25, 0.3) is 0 Å². The minimum Gasteiger partial charge on any atom is -0.270 e. The van der Waals surface area contributed by atoms with E-state index < -0.39 is 0 Å². The fourth-order valence-electron chi connectivity index (χ4n) is 3.18. The maximum Gasteiger partial charge on any atom is 0.196 e. The topological polar surface area (TPSA) is 56.5 Å². The van der Waals surface area contributed by atoms with Gasteiger partial charge in [-0.3, -0.25) is 9.55 Å². The highest BCUT2D eigenvalue weighted by Crippen LogP contribution is 2.32. The van der Waals surface area contributed by atoms with E-state index in [1.807, 2.05) is 42.6 Å². The van der Waals surface area contributed by atoms with Crippen LogP contribution < -0.4 is 0 Å². The molecular weight excluding hydrogens is 398 g/mol. The van der Waals surface area contributed by atoms with Crippen LogP contribution in [0.25, 0.3) is 27.3 Å². The molecule has 0 N–H and O–H groups in total. The largest absolute Gasteiger partial charge is 0.270 e. The second-order valence-corrected chi connectivity index (χ2v) is 8.59. The Kier molecular flexibility index (Phi) is 4.83. The zero-order valence-electron chi connectivity index (χ0n) is 15.7. The zero-order chi connectivity index (χ0) is 19.6. The lowest BCUT2D eigenvalue weighted by atomic mass is 10.2. The number of fused-ring (bicyclic) bond motifs is 1. The summed E-state index contributed by atoms with van der Waals surface area (Å²) in [4.78, 5) is 8.99. The molecule has 0 atom stereocenters. The van der Waals surface area contributed by atoms with Gasteiger partial charge in [0, 0.05) is 18.0 Å². The lowest BCUT2D eigenvalue weighted by Crippen LogP contribution is -2.02. The lowest BCUT2D eigenvalue weighted by molar-refractivity contribution is 0.880. The van der Waals surface area contributed by atoms with Crippen LogP contribution in [-0.2, 0) is 5.75 Å². The molecule has 7 heteroatoms. The summed E-state index contributed by atoms with van der Waals surface area (Å²) in [5.41, 5.74) is 4.22. The Morgan fingerprint density at radius 1 is 0.966 bits per heavy atom. The Labute approximate surface area is 176 Å². The highest BCUT2D eigenvalue weighted by molar-refractivity contribution is 7.98. The van der Waals surface area contributed by atoms with Crippen LogP contribution in [0.3, 0.4) is 0 Å². The molecule has 0 unspecified atom stereocenters. The molecule has 3 aromatic heterocycles. The van der Waals surface area contributed by atoms with E-state index in [1.165, 1.54) is 10.3 Å². The molecule has 2 aromatic carbocycles. The van der Waals surface area contributed by atoms with Gasteiger partial charge in [-0.05, 0) is 42.8 Å². The average Bonchev–Trinajstić information content (AvgIpc) is 3.37. The molecule has 5 aromatic rings. The number of hydrogen-bond donors (Lipinski definition) is 0. The van der Waals surface area contributed by atoms with Crippen molar-refractivity contribution in [2.45, 2.75) is 17.8 Å². The van der Waals surface area contributed by atoms with Crippen molar-refractivity contribution < 1.29 is 0 Å². The van der Waals surface area contributed by atoms with Gasteiger partial charge in [-0.1, -0.05) is 42.1 Å². The van der Waals surface area contributed by atoms with Gasteiger partial charge < -0.3 is 0 Å². The van der Waals surface area contributed by atoms with Crippen LogP contribution in [0, 0.1) is 6.92 Å². The summed E-state index contributed by atoms with van der Waals surface area (Å²) in [6.07, 6.45) is 3.58. The molecular formula is C22H17N5S2. The Balaban J connectivity index is 1.54. The first-order valence-electron chi connectivity index (χ1n) is 9.18. The van der Waals surface area contributed by atoms with Crippen LogP contribution in [0.5, 0.6) is 0 Å². The van der Waals surface area contributed by atoms with E-state index in [1.54, 1.807) is 29.3 Å². The smallest absolute Gasteiger partial charge is 0.196 e. The van der Waals surface area contributed by atoms with Gasteiger partial charge in [-0.15, -0.1) is 21.5 Å². The standard InChI is InChI=1S/C22H17N5S2/c1-15-7-2-4-10-18(15)27-21(16-8-6-12-23-13-16)25-26-22(27)28-14-20-24-17-9-3-5-11-19(17)29-20/h2-13H,14H2,1H3. The summed E-state index contributed by atoms with van der Waals surface area (Å²) >= 11 is 3.38. The molecule has 5 nitrogen and oxygen atoms in total. The molecule has 0 saturated carbocycles. The van der Waals surface area contributed by atoms with Crippen LogP contribution in [-0.4, -0.2) is 24.7 Å². The van der Waals surface area contributed by atoms with Gasteiger partial charge in [0.05, 0.1) is 21.7 Å². The van der Waals surface area contributed by atoms with Crippen molar-refractivity contribution in [1.29, 1.82) is 0 Å². The van der Waals surface area contributed by atoms with E-state index in [2.05, 4.69) is 50.9 Å². The summed E-state index contributed by atoms with van der Waals surface area (Å²) in [7, 11) is 0. The number of rotatable bonds is 5. The average molecular weight is 416 g/mol. The third-order valence-electron chi connectivity index (χ3n) is 4.57. The molecule has 0 spiro atoms. The van der Waals surface area contributed by atoms with E-state index in [0.717, 1.165) is 38.5 Å². The molecule has 0 aliphatic carbocycles. The van der Waals surface area contributed by atoms with Crippen molar-refractivity contribution in [2.75, 3.05) is 0 Å². The van der Waals surface area contributed by atoms with Crippen molar-refractivity contribution in [3.05, 3.63) is 83.6 Å². The third-order valence-corrected chi connectivity index (χ3v) is 6.73. The van der Waals surface area contributed by atoms with E-state index in [9.17, 15) is 0 Å². The van der Waals surface area contributed by atoms with Gasteiger partial charge >= 0.3 is 0 Å². The molecule has 0 radical (unpaired) electrons. The lowest BCUT2D eigenvalue weighted by Gasteiger charge is -2.12. The Morgan fingerprint density at radius 3 is 2.66 bits per heavy atom. The van der Waals surface area contributed by atoms with Gasteiger partial charge in [-0.25, -0.2) is 4.98 Å². The number of para-hydroxylation sites is 2. The maximum atomic E-state index is 4.74. The number of hydrogen-bond acceptors (Lipinski definition) is 6. The minimum absolute atomic E-state index is 0.746. The predicted octanol–water partition coefficient (Wildman–Crippen LogP) is 5.54. The van der Waals surface area contributed by atoms with E-state index in [-0.39, 0.29) is 0 Å². The van der Waals surface area contributed by atoms with Gasteiger partial charge in [0.15, 0.2) is 11.0 Å². The SMILES string of the molecule is Cc1ccccc1-n1c(SCc2nc3ccccc3s2)nnc1-c1cccnc1. The van der Waals surface area contributed by atoms with Gasteiger partial charge in [0.1, 0.15) is 5.01 Å². The van der Waals surface area contributed by atoms with E-state index >= 15 is 0 Å². The maximum absolute atomic E-state index is 4.74. The number of aromatic nitrogens is 5. The summed E-state index contributed by atoms with van der Waals surface area (Å²) in [6.45, 7) is 2.10. The monoisotopic (exact) mass is 415 g/mol. The molecule has 0 saturated heterocycles. The molecule has 0 bridgehead atoms. The number of nitrogens with zero attached hydrogens (tertiary/aromatic N) is 5. The molecule has 3 heterocycles. The minimum atomic E-state index is 0.746. The zero-order valence-corrected chi connectivity index (χ0v) is 17.3. The van der Waals surface area contributed by atoms with Crippen molar-refractivity contribution in [1.82, 2.24) is 24.7 Å². The van der Waals surface area contributed by atoms with Crippen LogP contribution in [0.2, 0.25) is 0 Å². The highest BCUT2D eigenvalue weighted by atomic mass is 32.2. The number of thioether (sulfide) groups is 1. The van der Waals surface area contributed by atoms with Crippen LogP contribution >= 0.6 is 23.1 Å². The summed E-state index contributed by atoms with van der Waals surface area (Å²) < 4.78 is 3.32. The van der Waals surface area contributed by atoms with E-state index in [0.29, 0.717) is 0 Å². The van der Waals surface area contributed by atoms with Crippen LogP contribution in [0.4, 0.5) is 0 Å². The van der Waals surface area contributed by atoms with Gasteiger partial charge in [-0.2, -0.15) is 0 Å². The Morgan fingerprint density at radius 2 is 1.83 bits per heavy atom. The molecule has 29 heavy (non-hydrogen) atoms. The second-order valence-electron chi connectivity index (χ2n) is 6.53. The second kappa shape index (κ2) is 7.77.